The lowest BCUT2D eigenvalue weighted by molar-refractivity contribution is -0.252. The molecule has 0 radical (unpaired) electrons. The number of aromatic nitrogens is 2. The van der Waals surface area contributed by atoms with Crippen molar-refractivity contribution >= 4 is 40.8 Å². The highest BCUT2D eigenvalue weighted by Gasteiger charge is 2.33. The number of hydrogen-bond acceptors (Lipinski definition) is 6. The number of aliphatic carboxylic acids is 1. The molecule has 1 aromatic heterocycles. The van der Waals surface area contributed by atoms with Crippen molar-refractivity contribution in [3.63, 3.8) is 0 Å². The number of carboxylic acids is 1. The third-order valence-electron chi connectivity index (χ3n) is 6.76. The van der Waals surface area contributed by atoms with Crippen LogP contribution >= 0.6 is 23.2 Å². The summed E-state index contributed by atoms with van der Waals surface area (Å²) in [5, 5.41) is 21.6. The van der Waals surface area contributed by atoms with E-state index in [1.54, 1.807) is 10.9 Å². The van der Waals surface area contributed by atoms with Gasteiger partial charge in [0.25, 0.3) is 0 Å². The van der Waals surface area contributed by atoms with Crippen molar-refractivity contribution in [2.45, 2.75) is 76.6 Å². The number of imidazole rings is 1. The van der Waals surface area contributed by atoms with Crippen LogP contribution < -0.4 is 5.32 Å². The molecule has 1 aliphatic rings. The van der Waals surface area contributed by atoms with Gasteiger partial charge in [-0.1, -0.05) is 72.4 Å². The summed E-state index contributed by atoms with van der Waals surface area (Å²) in [6, 6.07) is 15.0. The van der Waals surface area contributed by atoms with Crippen LogP contribution in [0.25, 0.3) is 0 Å². The van der Waals surface area contributed by atoms with Gasteiger partial charge in [-0.25, -0.2) is 4.98 Å². The second-order valence-corrected chi connectivity index (χ2v) is 10.5. The number of hydrogen-bond donors (Lipinski definition) is 3. The smallest absolute Gasteiger partial charge is 0.303 e. The summed E-state index contributed by atoms with van der Waals surface area (Å²) in [6.07, 6.45) is 4.48. The Bertz CT molecular complexity index is 1270. The first-order chi connectivity index (χ1) is 19.3. The number of unbranched alkanes of at least 4 members (excludes halogenated alkanes) is 3. The number of benzene rings is 2. The van der Waals surface area contributed by atoms with Crippen molar-refractivity contribution in [2.24, 2.45) is 0 Å². The van der Waals surface area contributed by atoms with Gasteiger partial charge in [0.2, 0.25) is 5.91 Å². The molecular formula is C29H33Cl2N3O6. The summed E-state index contributed by atoms with van der Waals surface area (Å²) in [5.74, 6) is -0.876. The molecule has 214 valence electrons. The zero-order valence-corrected chi connectivity index (χ0v) is 23.5. The fraction of sp³-hybridized carbons (Fsp3) is 0.414. The lowest BCUT2D eigenvalue weighted by Crippen LogP contribution is -2.32. The van der Waals surface area contributed by atoms with E-state index in [4.69, 9.17) is 37.8 Å². The van der Waals surface area contributed by atoms with Gasteiger partial charge in [0.1, 0.15) is 5.15 Å². The maximum absolute atomic E-state index is 12.3. The third-order valence-corrected chi connectivity index (χ3v) is 7.53. The topological polar surface area (TPSA) is 123 Å². The minimum absolute atomic E-state index is 0.0320. The van der Waals surface area contributed by atoms with Crippen molar-refractivity contribution < 1.29 is 29.3 Å². The zero-order chi connectivity index (χ0) is 28.5. The van der Waals surface area contributed by atoms with Gasteiger partial charge in [0.15, 0.2) is 11.4 Å². The van der Waals surface area contributed by atoms with E-state index in [0.717, 1.165) is 29.5 Å². The number of ether oxygens (including phenoxy) is 2. The molecule has 11 heteroatoms. The molecule has 1 amide bonds. The van der Waals surface area contributed by atoms with Crippen molar-refractivity contribution in [1.82, 2.24) is 9.55 Å². The number of aliphatic hydroxyl groups excluding tert-OH is 1. The first-order valence-electron chi connectivity index (χ1n) is 13.3. The lowest BCUT2D eigenvalue weighted by Gasteiger charge is -2.36. The number of carbonyl (C=O) groups is 2. The van der Waals surface area contributed by atoms with Gasteiger partial charge >= 0.3 is 5.97 Å². The molecule has 3 atom stereocenters. The molecule has 2 heterocycles. The minimum Gasteiger partial charge on any atom is -0.481 e. The van der Waals surface area contributed by atoms with Crippen LogP contribution in [0.5, 0.6) is 0 Å². The molecule has 2 aromatic carbocycles. The third kappa shape index (κ3) is 8.52. The molecule has 4 rings (SSSR count). The minimum atomic E-state index is -0.791. The molecule has 40 heavy (non-hydrogen) atoms. The number of anilines is 1. The SMILES string of the molecule is O=C(O)CCCCCCC(=O)Nc1ccc([C@@H]2O[C@H](Cn3cnc(Cl)c3Cl)C[C@H](c3ccc(CO)cc3)O2)cc1. The first kappa shape index (κ1) is 30.0. The number of carbonyl (C=O) groups excluding carboxylic acids is 1. The predicted octanol–water partition coefficient (Wildman–Crippen LogP) is 6.29. The molecule has 0 aliphatic carbocycles. The van der Waals surface area contributed by atoms with Crippen LogP contribution in [-0.2, 0) is 32.2 Å². The molecule has 0 unspecified atom stereocenters. The molecule has 1 fully saturated rings. The number of amides is 1. The van der Waals surface area contributed by atoms with Gasteiger partial charge in [-0.15, -0.1) is 0 Å². The highest BCUT2D eigenvalue weighted by molar-refractivity contribution is 6.40. The number of nitrogens with zero attached hydrogens (tertiary/aromatic N) is 2. The maximum atomic E-state index is 12.3. The summed E-state index contributed by atoms with van der Waals surface area (Å²) < 4.78 is 14.4. The summed E-state index contributed by atoms with van der Waals surface area (Å²) in [6.45, 7) is 0.407. The van der Waals surface area contributed by atoms with Crippen LogP contribution in [-0.4, -0.2) is 37.7 Å². The van der Waals surface area contributed by atoms with Crippen LogP contribution in [0.4, 0.5) is 5.69 Å². The Labute approximate surface area is 243 Å². The van der Waals surface area contributed by atoms with E-state index in [1.165, 1.54) is 0 Å². The number of nitrogens with one attached hydrogen (secondary N) is 1. The molecule has 3 N–H and O–H groups in total. The van der Waals surface area contributed by atoms with Gasteiger partial charge in [-0.2, -0.15) is 0 Å². The average molecular weight is 591 g/mol. The van der Waals surface area contributed by atoms with Gasteiger partial charge in [-0.05, 0) is 36.1 Å². The quantitative estimate of drug-likeness (QED) is 0.200. The monoisotopic (exact) mass is 589 g/mol. The fourth-order valence-corrected chi connectivity index (χ4v) is 4.90. The largest absolute Gasteiger partial charge is 0.481 e. The van der Waals surface area contributed by atoms with Crippen LogP contribution in [0.15, 0.2) is 54.9 Å². The molecule has 3 aromatic rings. The van der Waals surface area contributed by atoms with Crippen molar-refractivity contribution in [3.05, 3.63) is 81.9 Å². The number of carboxylic acid groups (broad SMARTS) is 1. The Morgan fingerprint density at radius 1 is 0.950 bits per heavy atom. The standard InChI is InChI=1S/C29H33Cl2N3O6/c30-27-28(31)34(18-32-27)16-23-15-24(20-9-7-19(17-35)8-10-20)40-29(39-23)21-11-13-22(14-12-21)33-25(36)5-3-1-2-4-6-26(37)38/h7-14,18,23-24,29,35H,1-6,15-17H2,(H,33,36)(H,37,38)/t23-,24+,29+/m0/s1. The normalized spacial score (nSPS) is 18.9. The highest BCUT2D eigenvalue weighted by Crippen LogP contribution is 2.39. The summed E-state index contributed by atoms with van der Waals surface area (Å²) in [5.41, 5.74) is 3.26. The Kier molecular flexibility index (Phi) is 11.0. The van der Waals surface area contributed by atoms with E-state index in [1.807, 2.05) is 48.5 Å². The van der Waals surface area contributed by atoms with E-state index in [0.29, 0.717) is 43.1 Å². The Balaban J connectivity index is 1.39. The second-order valence-electron chi connectivity index (χ2n) is 9.81. The van der Waals surface area contributed by atoms with Crippen LogP contribution in [0.3, 0.4) is 0 Å². The van der Waals surface area contributed by atoms with Crippen molar-refractivity contribution in [2.75, 3.05) is 5.32 Å². The maximum Gasteiger partial charge on any atom is 0.303 e. The summed E-state index contributed by atoms with van der Waals surface area (Å²) in [7, 11) is 0. The first-order valence-corrected chi connectivity index (χ1v) is 14.1. The van der Waals surface area contributed by atoms with Crippen LogP contribution in [0, 0.1) is 0 Å². The van der Waals surface area contributed by atoms with Crippen LogP contribution in [0.2, 0.25) is 10.3 Å². The Morgan fingerprint density at radius 2 is 1.62 bits per heavy atom. The van der Waals surface area contributed by atoms with Gasteiger partial charge < -0.3 is 29.6 Å². The predicted molar refractivity (Wildman–Crippen MR) is 151 cm³/mol. The molecule has 0 spiro atoms. The number of halogens is 2. The number of rotatable bonds is 13. The lowest BCUT2D eigenvalue weighted by atomic mass is 10.00. The van der Waals surface area contributed by atoms with Crippen molar-refractivity contribution in [1.29, 1.82) is 0 Å². The summed E-state index contributed by atoms with van der Waals surface area (Å²) >= 11 is 12.3. The van der Waals surface area contributed by atoms with Crippen molar-refractivity contribution in [3.8, 4) is 0 Å². The number of aliphatic hydroxyl groups is 1. The average Bonchev–Trinajstić information content (AvgIpc) is 3.27. The summed E-state index contributed by atoms with van der Waals surface area (Å²) in [4.78, 5) is 27.0. The fourth-order valence-electron chi connectivity index (χ4n) is 4.58. The van der Waals surface area contributed by atoms with Gasteiger partial charge in [0.05, 0.1) is 31.7 Å². The molecule has 0 bridgehead atoms. The van der Waals surface area contributed by atoms with E-state index in [9.17, 15) is 14.7 Å². The molecule has 0 saturated carbocycles. The Morgan fingerprint density at radius 3 is 2.25 bits per heavy atom. The van der Waals surface area contributed by atoms with Crippen LogP contribution in [0.1, 0.15) is 74.0 Å². The van der Waals surface area contributed by atoms with E-state index in [2.05, 4.69) is 10.3 Å². The van der Waals surface area contributed by atoms with Gasteiger partial charge in [0, 0.05) is 30.5 Å². The highest BCUT2D eigenvalue weighted by atomic mass is 35.5. The van der Waals surface area contributed by atoms with E-state index in [-0.39, 0.29) is 36.3 Å². The molecule has 1 aliphatic heterocycles. The second kappa shape index (κ2) is 14.6. The Hall–Kier alpha value is -2.95. The van der Waals surface area contributed by atoms with Gasteiger partial charge in [-0.3, -0.25) is 9.59 Å². The molecule has 9 nitrogen and oxygen atoms in total. The molecular weight excluding hydrogens is 557 g/mol. The van der Waals surface area contributed by atoms with E-state index >= 15 is 0 Å². The van der Waals surface area contributed by atoms with E-state index < -0.39 is 12.3 Å². The zero-order valence-electron chi connectivity index (χ0n) is 22.0. The molecule has 1 saturated heterocycles.